The van der Waals surface area contributed by atoms with Gasteiger partial charge in [-0.05, 0) is 54.8 Å². The second-order valence-electron chi connectivity index (χ2n) is 10.5. The zero-order valence-electron chi connectivity index (χ0n) is 22.1. The molecule has 6 nitrogen and oxygen atoms in total. The molecule has 1 unspecified atom stereocenters. The number of Topliss-reactive ketones (excluding diaryl/α,β-unsaturated/α-hetero) is 1. The van der Waals surface area contributed by atoms with E-state index in [-0.39, 0.29) is 16.7 Å². The van der Waals surface area contributed by atoms with Gasteiger partial charge in [-0.15, -0.1) is 0 Å². The molecule has 0 spiro atoms. The lowest BCUT2D eigenvalue weighted by atomic mass is 9.85. The molecule has 4 rings (SSSR count). The number of ketones is 1. The molecule has 0 radical (unpaired) electrons. The molecule has 3 aromatic rings. The zero-order chi connectivity index (χ0) is 26.2. The third-order valence-electron chi connectivity index (χ3n) is 7.09. The number of benzene rings is 2. The summed E-state index contributed by atoms with van der Waals surface area (Å²) in [5.74, 6) is -1.37. The highest BCUT2D eigenvalue weighted by atomic mass is 16.3. The minimum atomic E-state index is -0.690. The van der Waals surface area contributed by atoms with E-state index in [4.69, 9.17) is 4.42 Å². The van der Waals surface area contributed by atoms with Gasteiger partial charge in [0.2, 0.25) is 5.78 Å². The monoisotopic (exact) mass is 488 g/mol. The molecule has 6 heteroatoms. The minimum absolute atomic E-state index is 0.0322. The zero-order valence-corrected chi connectivity index (χ0v) is 22.1. The van der Waals surface area contributed by atoms with E-state index < -0.39 is 23.5 Å². The van der Waals surface area contributed by atoms with Gasteiger partial charge < -0.3 is 19.3 Å². The quantitative estimate of drug-likeness (QED) is 0.396. The van der Waals surface area contributed by atoms with Crippen LogP contribution in [0.3, 0.4) is 0 Å². The number of aliphatic hydroxyl groups excluding tert-OH is 1. The van der Waals surface area contributed by atoms with Crippen LogP contribution in [0.4, 0.5) is 0 Å². The fourth-order valence-electron chi connectivity index (χ4n) is 4.82. The van der Waals surface area contributed by atoms with Gasteiger partial charge in [0.1, 0.15) is 5.58 Å². The van der Waals surface area contributed by atoms with Crippen molar-refractivity contribution < 1.29 is 19.1 Å². The number of carbonyl (C=O) groups excluding carboxylic acids is 2. The van der Waals surface area contributed by atoms with Crippen molar-refractivity contribution in [1.29, 1.82) is 0 Å². The average molecular weight is 489 g/mol. The Morgan fingerprint density at radius 1 is 1.06 bits per heavy atom. The van der Waals surface area contributed by atoms with Crippen LogP contribution >= 0.6 is 0 Å². The second-order valence-corrected chi connectivity index (χ2v) is 10.5. The molecule has 2 heterocycles. The van der Waals surface area contributed by atoms with Crippen LogP contribution in [0.1, 0.15) is 67.9 Å². The van der Waals surface area contributed by atoms with Gasteiger partial charge in [-0.1, -0.05) is 70.5 Å². The summed E-state index contributed by atoms with van der Waals surface area (Å²) >= 11 is 0. The van der Waals surface area contributed by atoms with Gasteiger partial charge in [0.25, 0.3) is 5.91 Å². The van der Waals surface area contributed by atoms with Gasteiger partial charge >= 0.3 is 0 Å². The lowest BCUT2D eigenvalue weighted by Crippen LogP contribution is -2.38. The molecule has 190 valence electrons. The molecule has 1 N–H and O–H groups in total. The molecule has 1 atom stereocenters. The van der Waals surface area contributed by atoms with E-state index in [9.17, 15) is 14.7 Å². The smallest absolute Gasteiger partial charge is 0.290 e. The summed E-state index contributed by atoms with van der Waals surface area (Å²) in [5, 5.41) is 11.8. The van der Waals surface area contributed by atoms with Crippen molar-refractivity contribution in [3.05, 3.63) is 82.3 Å². The predicted molar refractivity (Wildman–Crippen MR) is 142 cm³/mol. The van der Waals surface area contributed by atoms with Crippen LogP contribution in [0.2, 0.25) is 0 Å². The molecule has 1 amide bonds. The third kappa shape index (κ3) is 4.82. The van der Waals surface area contributed by atoms with E-state index in [1.54, 1.807) is 11.0 Å². The average Bonchev–Trinajstić information content (AvgIpc) is 3.37. The number of carbonyl (C=O) groups is 2. The largest absolute Gasteiger partial charge is 0.503 e. The number of amides is 1. The fourth-order valence-corrected chi connectivity index (χ4v) is 4.82. The Morgan fingerprint density at radius 3 is 2.33 bits per heavy atom. The van der Waals surface area contributed by atoms with E-state index in [0.717, 1.165) is 35.2 Å². The van der Waals surface area contributed by atoms with Crippen LogP contribution in [-0.2, 0) is 10.2 Å². The highest BCUT2D eigenvalue weighted by Crippen LogP contribution is 2.40. The van der Waals surface area contributed by atoms with Gasteiger partial charge in [0.05, 0.1) is 11.6 Å². The van der Waals surface area contributed by atoms with Crippen molar-refractivity contribution in [2.75, 3.05) is 26.2 Å². The normalized spacial score (nSPS) is 16.6. The number of likely N-dealkylation sites (N-methyl/N-ethyl adjacent to an activating group) is 1. The van der Waals surface area contributed by atoms with E-state index in [2.05, 4.69) is 39.5 Å². The van der Waals surface area contributed by atoms with E-state index in [0.29, 0.717) is 18.7 Å². The summed E-state index contributed by atoms with van der Waals surface area (Å²) in [5.41, 5.74) is 3.63. The number of aliphatic hydroxyl groups is 1. The maximum Gasteiger partial charge on any atom is 0.290 e. The maximum absolute atomic E-state index is 13.8. The molecule has 2 aromatic carbocycles. The first kappa shape index (κ1) is 25.7. The highest BCUT2D eigenvalue weighted by molar-refractivity contribution is 6.16. The minimum Gasteiger partial charge on any atom is -0.503 e. The van der Waals surface area contributed by atoms with E-state index in [1.165, 1.54) is 0 Å². The molecule has 0 fully saturated rings. The van der Waals surface area contributed by atoms with Gasteiger partial charge in [0.15, 0.2) is 11.5 Å². The maximum atomic E-state index is 13.8. The van der Waals surface area contributed by atoms with Crippen LogP contribution in [0.25, 0.3) is 11.0 Å². The Bertz CT molecular complexity index is 1310. The Hall–Kier alpha value is -3.38. The third-order valence-corrected chi connectivity index (χ3v) is 7.09. The van der Waals surface area contributed by atoms with Crippen LogP contribution in [0, 0.1) is 6.92 Å². The first-order valence-corrected chi connectivity index (χ1v) is 12.7. The van der Waals surface area contributed by atoms with E-state index >= 15 is 0 Å². The Balaban J connectivity index is 1.76. The molecule has 0 saturated carbocycles. The van der Waals surface area contributed by atoms with Crippen LogP contribution in [-0.4, -0.2) is 52.8 Å². The van der Waals surface area contributed by atoms with Crippen LogP contribution in [0.15, 0.2) is 64.3 Å². The second kappa shape index (κ2) is 9.94. The Morgan fingerprint density at radius 2 is 1.72 bits per heavy atom. The lowest BCUT2D eigenvalue weighted by Gasteiger charge is -2.29. The SMILES string of the molecule is CCN(CC)CCN1C(=O)C(O)=C(C(=O)c2cc3cc(C)ccc3o2)C1c1ccc(C(C)(C)C)cc1. The number of furan rings is 1. The van der Waals surface area contributed by atoms with Crippen molar-refractivity contribution in [1.82, 2.24) is 9.80 Å². The number of rotatable bonds is 8. The first-order valence-electron chi connectivity index (χ1n) is 12.7. The lowest BCUT2D eigenvalue weighted by molar-refractivity contribution is -0.129. The number of hydrogen-bond donors (Lipinski definition) is 1. The van der Waals surface area contributed by atoms with Gasteiger partial charge in [0, 0.05) is 18.5 Å². The molecular formula is C30H36N2O4. The van der Waals surface area contributed by atoms with Gasteiger partial charge in [-0.2, -0.15) is 0 Å². The Labute approximate surface area is 213 Å². The molecule has 0 aliphatic carbocycles. The number of nitrogens with zero attached hydrogens (tertiary/aromatic N) is 2. The molecule has 1 aromatic heterocycles. The summed E-state index contributed by atoms with van der Waals surface area (Å²) in [6.45, 7) is 15.3. The standard InChI is InChI=1S/C30H36N2O4/c1-7-31(8-2)15-16-32-26(20-10-12-22(13-11-20)30(4,5)6)25(28(34)29(32)35)27(33)24-18-21-17-19(3)9-14-23(21)36-24/h9-14,17-18,26,34H,7-8,15-16H2,1-6H3. The summed E-state index contributed by atoms with van der Waals surface area (Å²) < 4.78 is 5.86. The number of hydrogen-bond acceptors (Lipinski definition) is 5. The van der Waals surface area contributed by atoms with Crippen molar-refractivity contribution in [3.63, 3.8) is 0 Å². The first-order chi connectivity index (χ1) is 17.0. The Kier molecular flexibility index (Phi) is 7.10. The fraction of sp³-hybridized carbons (Fsp3) is 0.400. The summed E-state index contributed by atoms with van der Waals surface area (Å²) in [6.07, 6.45) is 0. The predicted octanol–water partition coefficient (Wildman–Crippen LogP) is 5.96. The molecule has 0 bridgehead atoms. The molecule has 1 aliphatic rings. The van der Waals surface area contributed by atoms with Crippen molar-refractivity contribution >= 4 is 22.7 Å². The topological polar surface area (TPSA) is 74.0 Å². The summed E-state index contributed by atoms with van der Waals surface area (Å²) in [7, 11) is 0. The van der Waals surface area contributed by atoms with Crippen LogP contribution < -0.4 is 0 Å². The summed E-state index contributed by atoms with van der Waals surface area (Å²) in [4.78, 5) is 30.9. The van der Waals surface area contributed by atoms with Gasteiger partial charge in [-0.3, -0.25) is 9.59 Å². The van der Waals surface area contributed by atoms with Gasteiger partial charge in [-0.25, -0.2) is 0 Å². The number of fused-ring (bicyclic) bond motifs is 1. The highest BCUT2D eigenvalue weighted by Gasteiger charge is 2.44. The molecular weight excluding hydrogens is 452 g/mol. The van der Waals surface area contributed by atoms with E-state index in [1.807, 2.05) is 49.4 Å². The number of aryl methyl sites for hydroxylation is 1. The molecule has 36 heavy (non-hydrogen) atoms. The molecule has 0 saturated heterocycles. The van der Waals surface area contributed by atoms with Crippen LogP contribution in [0.5, 0.6) is 0 Å². The van der Waals surface area contributed by atoms with Crippen molar-refractivity contribution in [2.24, 2.45) is 0 Å². The van der Waals surface area contributed by atoms with Crippen molar-refractivity contribution in [2.45, 2.75) is 53.0 Å². The summed E-state index contributed by atoms with van der Waals surface area (Å²) in [6, 6.07) is 14.7. The van der Waals surface area contributed by atoms with Crippen molar-refractivity contribution in [3.8, 4) is 0 Å². The molecule has 1 aliphatic heterocycles.